The summed E-state index contributed by atoms with van der Waals surface area (Å²) in [5.41, 5.74) is 0.688. The van der Waals surface area contributed by atoms with E-state index in [0.717, 1.165) is 4.47 Å². The fourth-order valence-corrected chi connectivity index (χ4v) is 1.17. The monoisotopic (exact) mass is 259 g/mol. The molecule has 0 amide bonds. The van der Waals surface area contributed by atoms with E-state index < -0.39 is 0 Å². The summed E-state index contributed by atoms with van der Waals surface area (Å²) in [4.78, 5) is 3.86. The fraction of sp³-hybridized carbons (Fsp3) is 0. The number of rotatable bonds is 0. The maximum atomic E-state index is 5.04. The molecule has 1 aromatic heterocycles. The Morgan fingerprint density at radius 1 is 1.00 bits per heavy atom. The van der Waals surface area contributed by atoms with Crippen molar-refractivity contribution in [3.05, 3.63) is 64.9 Å². The Balaban J connectivity index is 0.000000151. The summed E-state index contributed by atoms with van der Waals surface area (Å²) < 4.78 is 1.13. The minimum Gasteiger partial charge on any atom is -0.248 e. The summed E-state index contributed by atoms with van der Waals surface area (Å²) in [6, 6.07) is 15.5. The van der Waals surface area contributed by atoms with Gasteiger partial charge in [0.1, 0.15) is 5.69 Å². The molecule has 2 rings (SSSR count). The van der Waals surface area contributed by atoms with Gasteiger partial charge < -0.3 is 0 Å². The van der Waals surface area contributed by atoms with Gasteiger partial charge in [0.2, 0.25) is 0 Å². The molecule has 0 aliphatic carbocycles. The normalized spacial score (nSPS) is 8.27. The molecule has 0 saturated carbocycles. The minimum atomic E-state index is 0.688. The second-order valence-corrected chi connectivity index (χ2v) is 3.57. The highest BCUT2D eigenvalue weighted by Crippen LogP contribution is 2.05. The van der Waals surface area contributed by atoms with Gasteiger partial charge in [-0.25, -0.2) is 4.98 Å². The highest BCUT2D eigenvalue weighted by atomic mass is 79.9. The number of hydrogen-bond donors (Lipinski definition) is 0. The lowest BCUT2D eigenvalue weighted by atomic mass is 10.4. The predicted octanol–water partition coefficient (Wildman–Crippen LogP) is 3.51. The molecule has 0 aliphatic heterocycles. The first kappa shape index (κ1) is 11.5. The summed E-state index contributed by atoms with van der Waals surface area (Å²) in [6.07, 6.45) is 6.71. The second kappa shape index (κ2) is 6.80. The van der Waals surface area contributed by atoms with Gasteiger partial charge in [0.25, 0.3) is 0 Å². The molecule has 2 aromatic rings. The van der Waals surface area contributed by atoms with Crippen molar-refractivity contribution in [2.45, 2.75) is 0 Å². The summed E-state index contributed by atoms with van der Waals surface area (Å²) in [7, 11) is 0. The summed E-state index contributed by atoms with van der Waals surface area (Å²) in [6.45, 7) is 0. The van der Waals surface area contributed by atoms with E-state index >= 15 is 0 Å². The van der Waals surface area contributed by atoms with Crippen LogP contribution in [0.5, 0.6) is 0 Å². The second-order valence-electron chi connectivity index (χ2n) is 2.65. The molecule has 2 heteroatoms. The van der Waals surface area contributed by atoms with E-state index in [2.05, 4.69) is 26.8 Å². The topological polar surface area (TPSA) is 12.9 Å². The van der Waals surface area contributed by atoms with Gasteiger partial charge >= 0.3 is 0 Å². The van der Waals surface area contributed by atoms with E-state index in [1.54, 1.807) is 12.3 Å². The molecule has 15 heavy (non-hydrogen) atoms. The van der Waals surface area contributed by atoms with Gasteiger partial charge in [-0.15, -0.1) is 6.42 Å². The van der Waals surface area contributed by atoms with Crippen LogP contribution in [0.1, 0.15) is 5.69 Å². The molecule has 0 N–H and O–H groups in total. The Kier molecular flexibility index (Phi) is 5.21. The fourth-order valence-electron chi connectivity index (χ4n) is 0.863. The zero-order chi connectivity index (χ0) is 10.9. The van der Waals surface area contributed by atoms with Crippen LogP contribution in [0.4, 0.5) is 0 Å². The number of hydrogen-bond acceptors (Lipinski definition) is 1. The van der Waals surface area contributed by atoms with Crippen molar-refractivity contribution in [3.8, 4) is 12.3 Å². The van der Waals surface area contributed by atoms with Crippen molar-refractivity contribution in [1.29, 1.82) is 0 Å². The Morgan fingerprint density at radius 2 is 1.67 bits per heavy atom. The van der Waals surface area contributed by atoms with Crippen LogP contribution in [0.25, 0.3) is 0 Å². The third kappa shape index (κ3) is 4.99. The Bertz CT molecular complexity index is 417. The average Bonchev–Trinajstić information content (AvgIpc) is 2.32. The van der Waals surface area contributed by atoms with Gasteiger partial charge in [0.15, 0.2) is 0 Å². The van der Waals surface area contributed by atoms with Crippen LogP contribution in [0.15, 0.2) is 59.2 Å². The van der Waals surface area contributed by atoms with Crippen molar-refractivity contribution in [3.63, 3.8) is 0 Å². The summed E-state index contributed by atoms with van der Waals surface area (Å²) >= 11 is 3.31. The van der Waals surface area contributed by atoms with Crippen LogP contribution in [-0.4, -0.2) is 4.98 Å². The van der Waals surface area contributed by atoms with Gasteiger partial charge in [0, 0.05) is 10.7 Å². The molecule has 0 bridgehead atoms. The first-order valence-corrected chi connectivity index (χ1v) is 5.20. The van der Waals surface area contributed by atoms with Gasteiger partial charge in [-0.2, -0.15) is 0 Å². The van der Waals surface area contributed by atoms with Crippen molar-refractivity contribution < 1.29 is 0 Å². The SMILES string of the molecule is Brc1ccccc1.C#Cc1ccccn1. The van der Waals surface area contributed by atoms with E-state index in [9.17, 15) is 0 Å². The van der Waals surface area contributed by atoms with Gasteiger partial charge in [-0.05, 0) is 24.3 Å². The van der Waals surface area contributed by atoms with Crippen LogP contribution >= 0.6 is 15.9 Å². The number of halogens is 1. The number of nitrogens with zero attached hydrogens (tertiary/aromatic N) is 1. The zero-order valence-electron chi connectivity index (χ0n) is 8.10. The van der Waals surface area contributed by atoms with Gasteiger partial charge in [0.05, 0.1) is 0 Å². The van der Waals surface area contributed by atoms with Crippen LogP contribution in [-0.2, 0) is 0 Å². The predicted molar refractivity (Wildman–Crippen MR) is 66.3 cm³/mol. The number of pyridine rings is 1. The highest BCUT2D eigenvalue weighted by Gasteiger charge is 1.78. The zero-order valence-corrected chi connectivity index (χ0v) is 9.68. The van der Waals surface area contributed by atoms with Crippen LogP contribution < -0.4 is 0 Å². The standard InChI is InChI=1S/C7H5N.C6H5Br/c1-2-7-5-3-4-6-8-7;7-6-4-2-1-3-5-6/h1,3-6H;1-5H. The van der Waals surface area contributed by atoms with Crippen LogP contribution in [0, 0.1) is 12.3 Å². The lowest BCUT2D eigenvalue weighted by Gasteiger charge is -1.81. The van der Waals surface area contributed by atoms with Crippen molar-refractivity contribution in [1.82, 2.24) is 4.98 Å². The first-order chi connectivity index (χ1) is 7.33. The summed E-state index contributed by atoms with van der Waals surface area (Å²) in [5, 5.41) is 0. The molecule has 0 saturated heterocycles. The lowest BCUT2D eigenvalue weighted by Crippen LogP contribution is -1.75. The molecular formula is C13H10BrN. The van der Waals surface area contributed by atoms with E-state index in [1.807, 2.05) is 42.5 Å². The quantitative estimate of drug-likeness (QED) is 0.660. The largest absolute Gasteiger partial charge is 0.248 e. The van der Waals surface area contributed by atoms with Gasteiger partial charge in [-0.3, -0.25) is 0 Å². The number of aromatic nitrogens is 1. The third-order valence-electron chi connectivity index (χ3n) is 1.55. The molecule has 0 spiro atoms. The Morgan fingerprint density at radius 3 is 2.00 bits per heavy atom. The first-order valence-electron chi connectivity index (χ1n) is 4.41. The van der Waals surface area contributed by atoms with Crippen molar-refractivity contribution in [2.24, 2.45) is 0 Å². The minimum absolute atomic E-state index is 0.688. The van der Waals surface area contributed by atoms with Gasteiger partial charge in [-0.1, -0.05) is 46.1 Å². The molecule has 1 nitrogen and oxygen atoms in total. The molecular weight excluding hydrogens is 250 g/mol. The van der Waals surface area contributed by atoms with Crippen LogP contribution in [0.2, 0.25) is 0 Å². The van der Waals surface area contributed by atoms with E-state index in [1.165, 1.54) is 0 Å². The van der Waals surface area contributed by atoms with Crippen molar-refractivity contribution >= 4 is 15.9 Å². The highest BCUT2D eigenvalue weighted by molar-refractivity contribution is 9.10. The maximum absolute atomic E-state index is 5.04. The van der Waals surface area contributed by atoms with Crippen molar-refractivity contribution in [2.75, 3.05) is 0 Å². The smallest absolute Gasteiger partial charge is 0.112 e. The molecule has 0 radical (unpaired) electrons. The molecule has 1 heterocycles. The van der Waals surface area contributed by atoms with E-state index in [0.29, 0.717) is 5.69 Å². The summed E-state index contributed by atoms with van der Waals surface area (Å²) in [5.74, 6) is 2.42. The van der Waals surface area contributed by atoms with E-state index in [-0.39, 0.29) is 0 Å². The molecule has 0 unspecified atom stereocenters. The lowest BCUT2D eigenvalue weighted by molar-refractivity contribution is 1.29. The molecule has 0 fully saturated rings. The molecule has 1 aromatic carbocycles. The average molecular weight is 260 g/mol. The molecule has 74 valence electrons. The Hall–Kier alpha value is -1.59. The van der Waals surface area contributed by atoms with Crippen LogP contribution in [0.3, 0.4) is 0 Å². The maximum Gasteiger partial charge on any atom is 0.112 e. The molecule has 0 aliphatic rings. The van der Waals surface area contributed by atoms with E-state index in [4.69, 9.17) is 6.42 Å². The third-order valence-corrected chi connectivity index (χ3v) is 2.07. The molecule has 0 atom stereocenters. The number of terminal acetylenes is 1. The Labute approximate surface area is 98.3 Å². The number of benzene rings is 1.